The number of fused-ring (bicyclic) bond motifs is 2. The first-order valence-corrected chi connectivity index (χ1v) is 10.4. The Morgan fingerprint density at radius 3 is 2.73 bits per heavy atom. The number of aryl methyl sites for hydroxylation is 1. The van der Waals surface area contributed by atoms with E-state index in [1.807, 2.05) is 32.0 Å². The molecule has 7 heteroatoms. The number of benzene rings is 3. The standard InChI is InChI=1S/C26H20N2O5/c1-14-10-18(15(2)28-20-8-4-3-6-16(20)26(30)31)25-19(11-14)21(29)12-23(33-25)17-7-5-9-22-24(17)27-13-32-22/h3-13,15,28H,1-2H3,(H,30,31). The van der Waals surface area contributed by atoms with Gasteiger partial charge in [-0.05, 0) is 49.7 Å². The second kappa shape index (κ2) is 7.94. The second-order valence-electron chi connectivity index (χ2n) is 7.93. The summed E-state index contributed by atoms with van der Waals surface area (Å²) in [6, 6.07) is 17.0. The van der Waals surface area contributed by atoms with Crippen molar-refractivity contribution in [1.82, 2.24) is 4.98 Å². The van der Waals surface area contributed by atoms with Crippen molar-refractivity contribution in [3.05, 3.63) is 94.0 Å². The van der Waals surface area contributed by atoms with Crippen molar-refractivity contribution < 1.29 is 18.7 Å². The lowest BCUT2D eigenvalue weighted by molar-refractivity contribution is 0.0698. The van der Waals surface area contributed by atoms with Gasteiger partial charge < -0.3 is 19.3 Å². The van der Waals surface area contributed by atoms with Crippen molar-refractivity contribution in [3.8, 4) is 11.3 Å². The summed E-state index contributed by atoms with van der Waals surface area (Å²) in [5, 5.41) is 13.2. The van der Waals surface area contributed by atoms with Crippen LogP contribution in [0.1, 0.15) is 34.5 Å². The topological polar surface area (TPSA) is 106 Å². The molecule has 164 valence electrons. The lowest BCUT2D eigenvalue weighted by Gasteiger charge is -2.19. The zero-order valence-corrected chi connectivity index (χ0v) is 18.0. The van der Waals surface area contributed by atoms with Gasteiger partial charge in [0, 0.05) is 22.9 Å². The minimum Gasteiger partial charge on any atom is -0.478 e. The van der Waals surface area contributed by atoms with Gasteiger partial charge in [-0.25, -0.2) is 9.78 Å². The third kappa shape index (κ3) is 3.63. The highest BCUT2D eigenvalue weighted by molar-refractivity contribution is 5.94. The molecule has 3 aromatic carbocycles. The van der Waals surface area contributed by atoms with Crippen LogP contribution in [0.4, 0.5) is 5.69 Å². The van der Waals surface area contributed by atoms with Gasteiger partial charge in [0.15, 0.2) is 17.4 Å². The molecule has 2 heterocycles. The maximum atomic E-state index is 13.1. The number of oxazole rings is 1. The smallest absolute Gasteiger partial charge is 0.337 e. The van der Waals surface area contributed by atoms with Crippen LogP contribution < -0.4 is 10.7 Å². The van der Waals surface area contributed by atoms with Crippen molar-refractivity contribution in [1.29, 1.82) is 0 Å². The molecule has 33 heavy (non-hydrogen) atoms. The van der Waals surface area contributed by atoms with Gasteiger partial charge in [-0.15, -0.1) is 0 Å². The summed E-state index contributed by atoms with van der Waals surface area (Å²) in [5.74, 6) is -0.635. The van der Waals surface area contributed by atoms with Gasteiger partial charge in [-0.2, -0.15) is 0 Å². The van der Waals surface area contributed by atoms with Gasteiger partial charge in [0.2, 0.25) is 0 Å². The third-order valence-corrected chi connectivity index (χ3v) is 5.62. The van der Waals surface area contributed by atoms with Crippen LogP contribution in [0.15, 0.2) is 80.7 Å². The molecule has 2 N–H and O–H groups in total. The summed E-state index contributed by atoms with van der Waals surface area (Å²) in [6.07, 6.45) is 1.36. The number of hydrogen-bond donors (Lipinski definition) is 2. The maximum Gasteiger partial charge on any atom is 0.337 e. The van der Waals surface area contributed by atoms with E-state index < -0.39 is 5.97 Å². The summed E-state index contributed by atoms with van der Waals surface area (Å²) in [6.45, 7) is 3.81. The largest absolute Gasteiger partial charge is 0.478 e. The number of hydrogen-bond acceptors (Lipinski definition) is 6. The molecule has 0 spiro atoms. The Bertz CT molecular complexity index is 1580. The van der Waals surface area contributed by atoms with E-state index in [2.05, 4.69) is 10.3 Å². The fraction of sp³-hybridized carbons (Fsp3) is 0.115. The zero-order chi connectivity index (χ0) is 23.1. The monoisotopic (exact) mass is 440 g/mol. The minimum absolute atomic E-state index is 0.168. The first kappa shape index (κ1) is 20.5. The van der Waals surface area contributed by atoms with E-state index in [0.717, 1.165) is 11.1 Å². The van der Waals surface area contributed by atoms with Crippen LogP contribution in [0, 0.1) is 6.92 Å². The van der Waals surface area contributed by atoms with Gasteiger partial charge in [0.1, 0.15) is 16.9 Å². The Morgan fingerprint density at radius 2 is 1.91 bits per heavy atom. The Balaban J connectivity index is 1.67. The maximum absolute atomic E-state index is 13.1. The Kier molecular flexibility index (Phi) is 4.94. The number of aromatic carboxylic acids is 1. The van der Waals surface area contributed by atoms with Crippen LogP contribution in [0.5, 0.6) is 0 Å². The van der Waals surface area contributed by atoms with Gasteiger partial charge in [0.05, 0.1) is 17.0 Å². The van der Waals surface area contributed by atoms with Crippen LogP contribution in [0.25, 0.3) is 33.4 Å². The molecule has 1 atom stereocenters. The number of nitrogens with one attached hydrogen (secondary N) is 1. The number of para-hydroxylation sites is 2. The molecule has 0 radical (unpaired) electrons. The van der Waals surface area contributed by atoms with Crippen LogP contribution in [-0.2, 0) is 0 Å². The van der Waals surface area contributed by atoms with E-state index in [9.17, 15) is 14.7 Å². The fourth-order valence-electron chi connectivity index (χ4n) is 4.08. The first-order chi connectivity index (χ1) is 15.9. The minimum atomic E-state index is -1.02. The number of aromatic nitrogens is 1. The summed E-state index contributed by atoms with van der Waals surface area (Å²) in [4.78, 5) is 29.0. The lowest BCUT2D eigenvalue weighted by Crippen LogP contribution is -2.12. The van der Waals surface area contributed by atoms with E-state index in [1.54, 1.807) is 36.4 Å². The highest BCUT2D eigenvalue weighted by Crippen LogP contribution is 2.33. The van der Waals surface area contributed by atoms with Crippen LogP contribution in [0.2, 0.25) is 0 Å². The number of carboxylic acid groups (broad SMARTS) is 1. The van der Waals surface area contributed by atoms with Gasteiger partial charge in [-0.3, -0.25) is 4.79 Å². The molecule has 0 saturated carbocycles. The number of rotatable bonds is 5. The quantitative estimate of drug-likeness (QED) is 0.357. The summed E-state index contributed by atoms with van der Waals surface area (Å²) in [7, 11) is 0. The summed E-state index contributed by atoms with van der Waals surface area (Å²) >= 11 is 0. The molecule has 5 aromatic rings. The van der Waals surface area contributed by atoms with E-state index in [4.69, 9.17) is 8.83 Å². The van der Waals surface area contributed by atoms with Crippen molar-refractivity contribution in [2.24, 2.45) is 0 Å². The van der Waals surface area contributed by atoms with Gasteiger partial charge in [0.25, 0.3) is 0 Å². The molecule has 0 aliphatic rings. The Labute approximate surface area is 188 Å². The molecule has 0 fully saturated rings. The summed E-state index contributed by atoms with van der Waals surface area (Å²) < 4.78 is 11.7. The molecule has 0 aliphatic carbocycles. The second-order valence-corrected chi connectivity index (χ2v) is 7.93. The molecule has 0 aliphatic heterocycles. The molecular weight excluding hydrogens is 420 g/mol. The molecular formula is C26H20N2O5. The molecule has 0 amide bonds. The average molecular weight is 440 g/mol. The fourth-order valence-corrected chi connectivity index (χ4v) is 4.08. The van der Waals surface area contributed by atoms with E-state index >= 15 is 0 Å². The van der Waals surface area contributed by atoms with E-state index in [0.29, 0.717) is 39.1 Å². The number of carboxylic acids is 1. The predicted octanol–water partition coefficient (Wildman–Crippen LogP) is 5.78. The van der Waals surface area contributed by atoms with Gasteiger partial charge in [-0.1, -0.05) is 24.3 Å². The lowest BCUT2D eigenvalue weighted by atomic mass is 10.00. The Morgan fingerprint density at radius 1 is 1.09 bits per heavy atom. The SMILES string of the molecule is Cc1cc(C(C)Nc2ccccc2C(=O)O)c2oc(-c3cccc4ocnc34)cc(=O)c2c1. The number of nitrogens with zero attached hydrogens (tertiary/aromatic N) is 1. The Hall–Kier alpha value is -4.39. The molecule has 7 nitrogen and oxygen atoms in total. The highest BCUT2D eigenvalue weighted by atomic mass is 16.4. The molecule has 2 aromatic heterocycles. The van der Waals surface area contributed by atoms with Crippen LogP contribution >= 0.6 is 0 Å². The average Bonchev–Trinajstić information content (AvgIpc) is 3.28. The molecule has 0 saturated heterocycles. The van der Waals surface area contributed by atoms with Crippen LogP contribution in [-0.4, -0.2) is 16.1 Å². The van der Waals surface area contributed by atoms with Crippen molar-refractivity contribution >= 4 is 33.7 Å². The van der Waals surface area contributed by atoms with Crippen molar-refractivity contribution in [2.75, 3.05) is 5.32 Å². The molecule has 0 bridgehead atoms. The van der Waals surface area contributed by atoms with Crippen LogP contribution in [0.3, 0.4) is 0 Å². The number of anilines is 1. The van der Waals surface area contributed by atoms with Gasteiger partial charge >= 0.3 is 5.97 Å². The molecule has 1 unspecified atom stereocenters. The predicted molar refractivity (Wildman–Crippen MR) is 126 cm³/mol. The van der Waals surface area contributed by atoms with E-state index in [-0.39, 0.29) is 17.0 Å². The zero-order valence-electron chi connectivity index (χ0n) is 18.0. The third-order valence-electron chi connectivity index (χ3n) is 5.62. The van der Waals surface area contributed by atoms with Crippen molar-refractivity contribution in [2.45, 2.75) is 19.9 Å². The first-order valence-electron chi connectivity index (χ1n) is 10.4. The normalized spacial score (nSPS) is 12.2. The highest BCUT2D eigenvalue weighted by Gasteiger charge is 2.19. The molecule has 5 rings (SSSR count). The van der Waals surface area contributed by atoms with E-state index in [1.165, 1.54) is 12.5 Å². The van der Waals surface area contributed by atoms with Crippen molar-refractivity contribution in [3.63, 3.8) is 0 Å². The summed E-state index contributed by atoms with van der Waals surface area (Å²) in [5.41, 5.74) is 4.43. The number of carbonyl (C=O) groups is 1.